The fraction of sp³-hybridized carbons (Fsp3) is 0.625. The van der Waals surface area contributed by atoms with E-state index in [0.29, 0.717) is 17.0 Å². The van der Waals surface area contributed by atoms with Gasteiger partial charge in [-0.25, -0.2) is 0 Å². The summed E-state index contributed by atoms with van der Waals surface area (Å²) in [6.45, 7) is 5.13. The summed E-state index contributed by atoms with van der Waals surface area (Å²) in [6.07, 6.45) is 3.71. The minimum Gasteiger partial charge on any atom is -0.495 e. The number of benzene rings is 1. The van der Waals surface area contributed by atoms with Gasteiger partial charge in [0, 0.05) is 6.04 Å². The zero-order chi connectivity index (χ0) is 14.5. The van der Waals surface area contributed by atoms with Crippen molar-refractivity contribution >= 4 is 11.6 Å². The number of halogens is 1. The molecule has 1 aliphatic rings. The zero-order valence-corrected chi connectivity index (χ0v) is 13.2. The Balaban J connectivity index is 2.35. The lowest BCUT2D eigenvalue weighted by molar-refractivity contribution is 0.166. The van der Waals surface area contributed by atoms with Crippen molar-refractivity contribution in [2.45, 2.75) is 32.2 Å². The molecule has 1 fully saturated rings. The predicted octanol–water partition coefficient (Wildman–Crippen LogP) is 3.47. The van der Waals surface area contributed by atoms with Crippen LogP contribution in [0.2, 0.25) is 5.02 Å². The normalized spacial score (nSPS) is 24.4. The smallest absolute Gasteiger partial charge is 0.137 e. The lowest BCUT2D eigenvalue weighted by Gasteiger charge is -2.34. The lowest BCUT2D eigenvalue weighted by Crippen LogP contribution is -2.35. The van der Waals surface area contributed by atoms with Crippen LogP contribution in [0.1, 0.15) is 37.8 Å². The first kappa shape index (κ1) is 15.6. The number of ether oxygens (including phenoxy) is 1. The van der Waals surface area contributed by atoms with E-state index in [4.69, 9.17) is 22.1 Å². The van der Waals surface area contributed by atoms with E-state index in [0.717, 1.165) is 25.4 Å². The van der Waals surface area contributed by atoms with E-state index in [1.165, 1.54) is 24.8 Å². The molecule has 0 amide bonds. The largest absolute Gasteiger partial charge is 0.495 e. The van der Waals surface area contributed by atoms with Crippen LogP contribution >= 0.6 is 11.6 Å². The molecule has 2 unspecified atom stereocenters. The molecule has 1 heterocycles. The topological polar surface area (TPSA) is 38.5 Å². The van der Waals surface area contributed by atoms with E-state index in [1.807, 2.05) is 12.1 Å². The second kappa shape index (κ2) is 7.30. The van der Waals surface area contributed by atoms with Crippen LogP contribution in [0, 0.1) is 5.92 Å². The molecule has 4 heteroatoms. The van der Waals surface area contributed by atoms with Crippen LogP contribution in [0.4, 0.5) is 0 Å². The number of methoxy groups -OCH3 is 1. The van der Waals surface area contributed by atoms with Gasteiger partial charge in [-0.05, 0) is 56.1 Å². The number of rotatable bonds is 4. The molecule has 0 bridgehead atoms. The highest BCUT2D eigenvalue weighted by Crippen LogP contribution is 2.37. The van der Waals surface area contributed by atoms with Crippen molar-refractivity contribution in [2.75, 3.05) is 26.7 Å². The average molecular weight is 297 g/mol. The minimum absolute atomic E-state index is 0.371. The summed E-state index contributed by atoms with van der Waals surface area (Å²) in [7, 11) is 1.65. The van der Waals surface area contributed by atoms with Crippen LogP contribution < -0.4 is 10.5 Å². The summed E-state index contributed by atoms with van der Waals surface area (Å²) in [4.78, 5) is 2.53. The Labute approximate surface area is 127 Å². The van der Waals surface area contributed by atoms with Crippen molar-refractivity contribution in [2.24, 2.45) is 11.7 Å². The second-order valence-electron chi connectivity index (χ2n) is 5.46. The maximum Gasteiger partial charge on any atom is 0.137 e. The molecule has 1 saturated heterocycles. The minimum atomic E-state index is 0.371. The van der Waals surface area contributed by atoms with E-state index in [9.17, 15) is 0 Å². The molecule has 0 aromatic heterocycles. The Kier molecular flexibility index (Phi) is 5.70. The van der Waals surface area contributed by atoms with Crippen molar-refractivity contribution < 1.29 is 4.74 Å². The molecular formula is C16H25ClN2O. The fourth-order valence-corrected chi connectivity index (χ4v) is 3.53. The Bertz CT molecular complexity index is 424. The highest BCUT2D eigenvalue weighted by molar-refractivity contribution is 6.32. The Morgan fingerprint density at radius 3 is 2.80 bits per heavy atom. The quantitative estimate of drug-likeness (QED) is 0.924. The monoisotopic (exact) mass is 296 g/mol. The van der Waals surface area contributed by atoms with E-state index < -0.39 is 0 Å². The van der Waals surface area contributed by atoms with E-state index in [-0.39, 0.29) is 0 Å². The third kappa shape index (κ3) is 3.27. The molecule has 1 aromatic rings. The number of likely N-dealkylation sites (tertiary alicyclic amines) is 1. The third-order valence-electron chi connectivity index (χ3n) is 4.34. The first-order chi connectivity index (χ1) is 9.71. The average Bonchev–Trinajstić information content (AvgIpc) is 2.68. The van der Waals surface area contributed by atoms with Crippen molar-refractivity contribution in [1.29, 1.82) is 0 Å². The molecule has 3 nitrogen and oxygen atoms in total. The fourth-order valence-electron chi connectivity index (χ4n) is 3.27. The van der Waals surface area contributed by atoms with Crippen LogP contribution in [-0.2, 0) is 0 Å². The molecule has 2 N–H and O–H groups in total. The van der Waals surface area contributed by atoms with Gasteiger partial charge in [0.25, 0.3) is 0 Å². The summed E-state index contributed by atoms with van der Waals surface area (Å²) >= 11 is 6.30. The van der Waals surface area contributed by atoms with E-state index >= 15 is 0 Å². The van der Waals surface area contributed by atoms with Gasteiger partial charge in [0.2, 0.25) is 0 Å². The number of hydrogen-bond donors (Lipinski definition) is 1. The third-order valence-corrected chi connectivity index (χ3v) is 4.63. The Morgan fingerprint density at radius 2 is 2.20 bits per heavy atom. The number of nitrogens with two attached hydrogens (primary N) is 1. The first-order valence-corrected chi connectivity index (χ1v) is 7.86. The second-order valence-corrected chi connectivity index (χ2v) is 5.87. The maximum atomic E-state index is 6.30. The summed E-state index contributed by atoms with van der Waals surface area (Å²) in [5, 5.41) is 0.682. The molecule has 1 aromatic carbocycles. The predicted molar refractivity (Wildman–Crippen MR) is 84.4 cm³/mol. The Morgan fingerprint density at radius 1 is 1.40 bits per heavy atom. The molecule has 0 radical (unpaired) electrons. The number of hydrogen-bond acceptors (Lipinski definition) is 3. The molecule has 1 aliphatic heterocycles. The molecule has 2 atom stereocenters. The van der Waals surface area contributed by atoms with Crippen molar-refractivity contribution in [3.05, 3.63) is 28.8 Å². The summed E-state index contributed by atoms with van der Waals surface area (Å²) in [5.41, 5.74) is 7.29. The van der Waals surface area contributed by atoms with Gasteiger partial charge in [0.15, 0.2) is 0 Å². The van der Waals surface area contributed by atoms with E-state index in [2.05, 4.69) is 17.9 Å². The van der Waals surface area contributed by atoms with Crippen molar-refractivity contribution in [1.82, 2.24) is 4.90 Å². The van der Waals surface area contributed by atoms with Gasteiger partial charge in [-0.3, -0.25) is 4.90 Å². The standard InChI is InChI=1S/C16H25ClN2O/c1-3-19-9-5-4-6-13(11-18)16(19)12-7-8-15(20-2)14(17)10-12/h7-8,10,13,16H,3-6,9,11,18H2,1-2H3. The summed E-state index contributed by atoms with van der Waals surface area (Å²) in [5.74, 6) is 1.23. The molecular weight excluding hydrogens is 272 g/mol. The lowest BCUT2D eigenvalue weighted by atomic mass is 9.89. The zero-order valence-electron chi connectivity index (χ0n) is 12.4. The van der Waals surface area contributed by atoms with Gasteiger partial charge in [-0.15, -0.1) is 0 Å². The summed E-state index contributed by atoms with van der Waals surface area (Å²) in [6, 6.07) is 6.51. The SMILES string of the molecule is CCN1CCCCC(CN)C1c1ccc(OC)c(Cl)c1. The molecule has 0 spiro atoms. The van der Waals surface area contributed by atoms with Crippen molar-refractivity contribution in [3.63, 3.8) is 0 Å². The van der Waals surface area contributed by atoms with Crippen LogP contribution in [0.3, 0.4) is 0 Å². The highest BCUT2D eigenvalue weighted by Gasteiger charge is 2.29. The first-order valence-electron chi connectivity index (χ1n) is 7.48. The van der Waals surface area contributed by atoms with E-state index in [1.54, 1.807) is 7.11 Å². The highest BCUT2D eigenvalue weighted by atomic mass is 35.5. The maximum absolute atomic E-state index is 6.30. The van der Waals surface area contributed by atoms with Gasteiger partial charge in [0.1, 0.15) is 5.75 Å². The van der Waals surface area contributed by atoms with Crippen LogP contribution in [0.5, 0.6) is 5.75 Å². The van der Waals surface area contributed by atoms with Gasteiger partial charge in [0.05, 0.1) is 12.1 Å². The van der Waals surface area contributed by atoms with Gasteiger partial charge in [-0.1, -0.05) is 31.0 Å². The van der Waals surface area contributed by atoms with Crippen LogP contribution in [-0.4, -0.2) is 31.6 Å². The summed E-state index contributed by atoms with van der Waals surface area (Å²) < 4.78 is 5.25. The van der Waals surface area contributed by atoms with Gasteiger partial charge < -0.3 is 10.5 Å². The van der Waals surface area contributed by atoms with Gasteiger partial charge >= 0.3 is 0 Å². The molecule has 0 aliphatic carbocycles. The number of nitrogens with zero attached hydrogens (tertiary/aromatic N) is 1. The molecule has 112 valence electrons. The molecule has 20 heavy (non-hydrogen) atoms. The van der Waals surface area contributed by atoms with Crippen LogP contribution in [0.25, 0.3) is 0 Å². The molecule has 2 rings (SSSR count). The van der Waals surface area contributed by atoms with Crippen molar-refractivity contribution in [3.8, 4) is 5.75 Å². The van der Waals surface area contributed by atoms with Crippen LogP contribution in [0.15, 0.2) is 18.2 Å². The molecule has 0 saturated carbocycles. The Hall–Kier alpha value is -0.770. The van der Waals surface area contributed by atoms with Gasteiger partial charge in [-0.2, -0.15) is 0 Å².